The van der Waals surface area contributed by atoms with Gasteiger partial charge in [-0.15, -0.1) is 0 Å². The molecule has 0 aliphatic carbocycles. The Morgan fingerprint density at radius 1 is 1.06 bits per heavy atom. The van der Waals surface area contributed by atoms with Gasteiger partial charge in [-0.1, -0.05) is 53.5 Å². The van der Waals surface area contributed by atoms with Crippen LogP contribution in [0.4, 0.5) is 5.69 Å². The van der Waals surface area contributed by atoms with E-state index in [2.05, 4.69) is 11.4 Å². The van der Waals surface area contributed by atoms with E-state index in [1.165, 1.54) is 13.2 Å². The minimum Gasteiger partial charge on any atom is -0.493 e. The second kappa shape index (κ2) is 11.1. The third kappa shape index (κ3) is 5.84. The molecule has 0 aliphatic heterocycles. The van der Waals surface area contributed by atoms with E-state index in [1.807, 2.05) is 12.1 Å². The summed E-state index contributed by atoms with van der Waals surface area (Å²) in [6.07, 6.45) is 1.38. The first kappa shape index (κ1) is 23.7. The topological polar surface area (TPSA) is 95.1 Å². The lowest BCUT2D eigenvalue weighted by molar-refractivity contribution is -0.112. The van der Waals surface area contributed by atoms with Gasteiger partial charge in [-0.25, -0.2) is 0 Å². The monoisotopic (exact) mass is 477 g/mol. The van der Waals surface area contributed by atoms with Crippen molar-refractivity contribution in [2.75, 3.05) is 12.4 Å². The normalized spacial score (nSPS) is 10.6. The first-order chi connectivity index (χ1) is 16.0. The molecule has 0 bridgehead atoms. The van der Waals surface area contributed by atoms with Crippen LogP contribution in [-0.4, -0.2) is 13.0 Å². The fourth-order valence-electron chi connectivity index (χ4n) is 2.94. The summed E-state index contributed by atoms with van der Waals surface area (Å²) in [7, 11) is 1.45. The van der Waals surface area contributed by atoms with E-state index in [0.29, 0.717) is 33.1 Å². The van der Waals surface area contributed by atoms with E-state index >= 15 is 0 Å². The molecule has 0 aromatic heterocycles. The lowest BCUT2D eigenvalue weighted by atomic mass is 10.1. The van der Waals surface area contributed by atoms with Crippen molar-refractivity contribution < 1.29 is 14.3 Å². The van der Waals surface area contributed by atoms with Crippen LogP contribution in [0.25, 0.3) is 6.08 Å². The number of amides is 1. The van der Waals surface area contributed by atoms with E-state index in [4.69, 9.17) is 32.7 Å². The average molecular weight is 478 g/mol. The highest BCUT2D eigenvalue weighted by molar-refractivity contribution is 6.34. The first-order valence-corrected chi connectivity index (χ1v) is 10.4. The quantitative estimate of drug-likeness (QED) is 0.332. The molecule has 6 nitrogen and oxygen atoms in total. The Kier molecular flexibility index (Phi) is 7.94. The molecule has 0 spiro atoms. The summed E-state index contributed by atoms with van der Waals surface area (Å²) in [5.74, 6) is -0.0239. The third-order valence-corrected chi connectivity index (χ3v) is 5.17. The van der Waals surface area contributed by atoms with Crippen molar-refractivity contribution in [3.63, 3.8) is 0 Å². The number of carbonyl (C=O) groups is 1. The molecule has 8 heteroatoms. The van der Waals surface area contributed by atoms with Gasteiger partial charge in [0.25, 0.3) is 5.91 Å². The van der Waals surface area contributed by atoms with Gasteiger partial charge in [-0.2, -0.15) is 10.5 Å². The maximum atomic E-state index is 12.6. The van der Waals surface area contributed by atoms with Gasteiger partial charge in [0, 0.05) is 5.56 Å². The molecule has 3 aromatic carbocycles. The van der Waals surface area contributed by atoms with E-state index in [-0.39, 0.29) is 23.0 Å². The molecule has 3 rings (SSSR count). The van der Waals surface area contributed by atoms with E-state index < -0.39 is 5.91 Å². The number of methoxy groups -OCH3 is 1. The Labute approximate surface area is 201 Å². The number of nitrogens with zero attached hydrogens (tertiary/aromatic N) is 2. The molecule has 3 aromatic rings. The number of rotatable bonds is 7. The van der Waals surface area contributed by atoms with Gasteiger partial charge in [-0.3, -0.25) is 4.79 Å². The predicted molar refractivity (Wildman–Crippen MR) is 127 cm³/mol. The van der Waals surface area contributed by atoms with Crippen LogP contribution >= 0.6 is 23.2 Å². The molecular formula is C25H17Cl2N3O3. The molecule has 1 N–H and O–H groups in total. The number of hydrogen-bond donors (Lipinski definition) is 1. The lowest BCUT2D eigenvalue weighted by Gasteiger charge is -2.14. The summed E-state index contributed by atoms with van der Waals surface area (Å²) in [5.41, 5.74) is 1.90. The summed E-state index contributed by atoms with van der Waals surface area (Å²) in [5, 5.41) is 21.9. The maximum Gasteiger partial charge on any atom is 0.266 e. The molecule has 164 valence electrons. The number of hydrogen-bond acceptors (Lipinski definition) is 5. The molecule has 0 heterocycles. The number of anilines is 1. The van der Waals surface area contributed by atoms with Crippen LogP contribution in [-0.2, 0) is 11.4 Å². The Morgan fingerprint density at radius 3 is 2.48 bits per heavy atom. The van der Waals surface area contributed by atoms with Crippen molar-refractivity contribution in [2.45, 2.75) is 6.61 Å². The van der Waals surface area contributed by atoms with Gasteiger partial charge in [0.15, 0.2) is 11.5 Å². The molecular weight excluding hydrogens is 461 g/mol. The van der Waals surface area contributed by atoms with E-state index in [1.54, 1.807) is 54.6 Å². The van der Waals surface area contributed by atoms with Crippen LogP contribution in [0.2, 0.25) is 10.0 Å². The second-order valence-corrected chi connectivity index (χ2v) is 7.51. The zero-order valence-corrected chi connectivity index (χ0v) is 18.9. The van der Waals surface area contributed by atoms with Crippen LogP contribution in [0.15, 0.2) is 66.2 Å². The summed E-state index contributed by atoms with van der Waals surface area (Å²) in [6.45, 7) is 0.110. The van der Waals surface area contributed by atoms with Crippen LogP contribution in [0, 0.1) is 22.7 Å². The minimum absolute atomic E-state index is 0.110. The van der Waals surface area contributed by atoms with Crippen molar-refractivity contribution >= 4 is 40.9 Å². The minimum atomic E-state index is -0.617. The first-order valence-electron chi connectivity index (χ1n) is 9.62. The van der Waals surface area contributed by atoms with Gasteiger partial charge in [0.2, 0.25) is 0 Å². The highest BCUT2D eigenvalue weighted by Crippen LogP contribution is 2.37. The van der Waals surface area contributed by atoms with Crippen molar-refractivity contribution in [1.82, 2.24) is 0 Å². The molecule has 0 radical (unpaired) electrons. The number of carbonyl (C=O) groups excluding carboxylic acids is 1. The maximum absolute atomic E-state index is 12.6. The zero-order valence-electron chi connectivity index (χ0n) is 17.4. The van der Waals surface area contributed by atoms with Gasteiger partial charge in [0.1, 0.15) is 18.2 Å². The third-order valence-electron chi connectivity index (χ3n) is 4.56. The summed E-state index contributed by atoms with van der Waals surface area (Å²) in [4.78, 5) is 12.6. The number of benzene rings is 3. The van der Waals surface area contributed by atoms with Gasteiger partial charge >= 0.3 is 0 Å². The fourth-order valence-corrected chi connectivity index (χ4v) is 3.39. The Bertz CT molecular complexity index is 1310. The Morgan fingerprint density at radius 2 is 1.79 bits per heavy atom. The van der Waals surface area contributed by atoms with Crippen molar-refractivity contribution in [3.05, 3.63) is 93.0 Å². The van der Waals surface area contributed by atoms with E-state index in [9.17, 15) is 15.3 Å². The SMILES string of the molecule is COc1cc(/C=C(\C#N)C(=O)Nc2ccccc2Cl)cc(Cl)c1OCc1ccccc1C#N. The molecule has 33 heavy (non-hydrogen) atoms. The molecule has 0 saturated heterocycles. The average Bonchev–Trinajstić information content (AvgIpc) is 2.83. The highest BCUT2D eigenvalue weighted by Gasteiger charge is 2.15. The van der Waals surface area contributed by atoms with Gasteiger partial charge in [0.05, 0.1) is 34.5 Å². The highest BCUT2D eigenvalue weighted by atomic mass is 35.5. The van der Waals surface area contributed by atoms with Gasteiger partial charge < -0.3 is 14.8 Å². The second-order valence-electron chi connectivity index (χ2n) is 6.70. The molecule has 0 fully saturated rings. The summed E-state index contributed by atoms with van der Waals surface area (Å²) < 4.78 is 11.2. The smallest absolute Gasteiger partial charge is 0.266 e. The zero-order chi connectivity index (χ0) is 23.8. The van der Waals surface area contributed by atoms with Crippen molar-refractivity contribution in [2.24, 2.45) is 0 Å². The van der Waals surface area contributed by atoms with Crippen LogP contribution < -0.4 is 14.8 Å². The molecule has 0 atom stereocenters. The predicted octanol–water partition coefficient (Wildman–Crippen LogP) is 6.00. The summed E-state index contributed by atoms with van der Waals surface area (Å²) in [6, 6.07) is 20.9. The Balaban J connectivity index is 1.85. The van der Waals surface area contributed by atoms with Crippen molar-refractivity contribution in [3.8, 4) is 23.6 Å². The van der Waals surface area contributed by atoms with E-state index in [0.717, 1.165) is 0 Å². The van der Waals surface area contributed by atoms with Crippen LogP contribution in [0.5, 0.6) is 11.5 Å². The lowest BCUT2D eigenvalue weighted by Crippen LogP contribution is -2.13. The Hall–Kier alpha value is -3.97. The number of halogens is 2. The molecule has 0 unspecified atom stereocenters. The fraction of sp³-hybridized carbons (Fsp3) is 0.0800. The van der Waals surface area contributed by atoms with Crippen LogP contribution in [0.1, 0.15) is 16.7 Å². The standard InChI is InChI=1S/C25H17Cl2N3O3/c1-32-23-12-16(10-19(14-29)25(31)30-22-9-5-4-8-20(22)26)11-21(27)24(23)33-15-18-7-3-2-6-17(18)13-28/h2-12H,15H2,1H3,(H,30,31)/b19-10+. The van der Waals surface area contributed by atoms with Gasteiger partial charge in [-0.05, 0) is 42.0 Å². The molecule has 1 amide bonds. The largest absolute Gasteiger partial charge is 0.493 e. The summed E-state index contributed by atoms with van der Waals surface area (Å²) >= 11 is 12.5. The van der Waals surface area contributed by atoms with Crippen molar-refractivity contribution in [1.29, 1.82) is 10.5 Å². The number of nitrogens with one attached hydrogen (secondary N) is 1. The number of para-hydroxylation sites is 1. The molecule has 0 saturated carbocycles. The number of nitriles is 2. The van der Waals surface area contributed by atoms with Crippen LogP contribution in [0.3, 0.4) is 0 Å². The molecule has 0 aliphatic rings. The number of ether oxygens (including phenoxy) is 2.